The Labute approximate surface area is 171 Å². The third kappa shape index (κ3) is 5.90. The number of benzene rings is 2. The second kappa shape index (κ2) is 10.8. The van der Waals surface area contributed by atoms with E-state index in [9.17, 15) is 9.90 Å². The van der Waals surface area contributed by atoms with Crippen LogP contribution in [-0.4, -0.2) is 47.7 Å². The van der Waals surface area contributed by atoms with Gasteiger partial charge in [0, 0.05) is 6.61 Å². The van der Waals surface area contributed by atoms with Crippen molar-refractivity contribution in [2.75, 3.05) is 13.2 Å². The van der Waals surface area contributed by atoms with Gasteiger partial charge in [-0.15, -0.1) is 0 Å². The minimum atomic E-state index is -0.869. The minimum Gasteiger partial charge on any atom is -0.444 e. The number of nitrogens with zero attached hydrogens (tertiary/aromatic N) is 1. The molecule has 2 aromatic carbocycles. The van der Waals surface area contributed by atoms with Crippen LogP contribution in [0, 0.1) is 0 Å². The Morgan fingerprint density at radius 1 is 0.966 bits per heavy atom. The third-order valence-corrected chi connectivity index (χ3v) is 4.65. The molecule has 1 aliphatic heterocycles. The molecule has 0 spiro atoms. The average Bonchev–Trinajstić information content (AvgIpc) is 2.76. The summed E-state index contributed by atoms with van der Waals surface area (Å²) in [7, 11) is 0. The van der Waals surface area contributed by atoms with Gasteiger partial charge in [-0.05, 0) is 24.1 Å². The van der Waals surface area contributed by atoms with Crippen molar-refractivity contribution >= 4 is 6.09 Å². The Morgan fingerprint density at radius 3 is 2.21 bits per heavy atom. The maximum Gasteiger partial charge on any atom is 0.412 e. The van der Waals surface area contributed by atoms with Gasteiger partial charge in [-0.2, -0.15) is 0 Å². The van der Waals surface area contributed by atoms with Crippen LogP contribution in [0.1, 0.15) is 18.1 Å². The molecule has 29 heavy (non-hydrogen) atoms. The van der Waals surface area contributed by atoms with Crippen molar-refractivity contribution in [2.24, 2.45) is 0 Å². The van der Waals surface area contributed by atoms with Crippen molar-refractivity contribution in [2.45, 2.75) is 38.5 Å². The number of hydrogen-bond donors (Lipinski definition) is 1. The normalized spacial score (nSPS) is 21.2. The third-order valence-electron chi connectivity index (χ3n) is 4.65. The summed E-state index contributed by atoms with van der Waals surface area (Å²) in [6.07, 6.45) is 1.27. The Bertz CT molecular complexity index is 780. The topological polar surface area (TPSA) is 68.2 Å². The average molecular weight is 397 g/mol. The molecular formula is C23H27NO5. The maximum atomic E-state index is 12.9. The highest BCUT2D eigenvalue weighted by molar-refractivity contribution is 5.69. The van der Waals surface area contributed by atoms with Crippen LogP contribution in [-0.2, 0) is 27.4 Å². The SMILES string of the molecule is CCO[C@H]1C=C[C@@H](O)[C@@H](COCc2ccccc2)N1C(=O)OCc1ccccc1. The lowest BCUT2D eigenvalue weighted by Gasteiger charge is -2.40. The van der Waals surface area contributed by atoms with Crippen LogP contribution in [0.4, 0.5) is 4.79 Å². The zero-order valence-corrected chi connectivity index (χ0v) is 16.5. The van der Waals surface area contributed by atoms with E-state index in [2.05, 4.69) is 0 Å². The van der Waals surface area contributed by atoms with Crippen molar-refractivity contribution in [3.05, 3.63) is 83.9 Å². The van der Waals surface area contributed by atoms with E-state index < -0.39 is 24.5 Å². The van der Waals surface area contributed by atoms with Crippen LogP contribution in [0.5, 0.6) is 0 Å². The first kappa shape index (κ1) is 21.0. The fourth-order valence-electron chi connectivity index (χ4n) is 3.17. The van der Waals surface area contributed by atoms with Crippen molar-refractivity contribution in [3.8, 4) is 0 Å². The van der Waals surface area contributed by atoms with E-state index >= 15 is 0 Å². The van der Waals surface area contributed by atoms with Gasteiger partial charge < -0.3 is 19.3 Å². The minimum absolute atomic E-state index is 0.145. The molecule has 0 saturated heterocycles. The molecule has 1 aliphatic rings. The highest BCUT2D eigenvalue weighted by Gasteiger charge is 2.38. The molecule has 3 atom stereocenters. The molecule has 3 rings (SSSR count). The molecule has 0 saturated carbocycles. The van der Waals surface area contributed by atoms with Gasteiger partial charge >= 0.3 is 6.09 Å². The molecule has 0 unspecified atom stereocenters. The van der Waals surface area contributed by atoms with E-state index in [1.807, 2.05) is 67.6 Å². The number of carbonyl (C=O) groups is 1. The predicted octanol–water partition coefficient (Wildman–Crippen LogP) is 3.50. The monoisotopic (exact) mass is 397 g/mol. The predicted molar refractivity (Wildman–Crippen MR) is 109 cm³/mol. The first-order valence-corrected chi connectivity index (χ1v) is 9.77. The summed E-state index contributed by atoms with van der Waals surface area (Å²) < 4.78 is 17.0. The van der Waals surface area contributed by atoms with Gasteiger partial charge in [0.15, 0.2) is 6.23 Å². The molecule has 154 valence electrons. The number of aliphatic hydroxyl groups is 1. The van der Waals surface area contributed by atoms with Crippen molar-refractivity contribution in [1.29, 1.82) is 0 Å². The van der Waals surface area contributed by atoms with Crippen molar-refractivity contribution in [1.82, 2.24) is 4.90 Å². The quantitative estimate of drug-likeness (QED) is 0.691. The molecule has 0 aromatic heterocycles. The molecule has 0 aliphatic carbocycles. The molecule has 0 bridgehead atoms. The smallest absolute Gasteiger partial charge is 0.412 e. The summed E-state index contributed by atoms with van der Waals surface area (Å²) in [6.45, 7) is 2.97. The zero-order valence-electron chi connectivity index (χ0n) is 16.5. The highest BCUT2D eigenvalue weighted by Crippen LogP contribution is 2.22. The van der Waals surface area contributed by atoms with Gasteiger partial charge in [0.2, 0.25) is 0 Å². The molecule has 6 heteroatoms. The Kier molecular flexibility index (Phi) is 7.81. The number of ether oxygens (including phenoxy) is 3. The van der Waals surface area contributed by atoms with Crippen LogP contribution in [0.2, 0.25) is 0 Å². The van der Waals surface area contributed by atoms with E-state index in [1.165, 1.54) is 4.90 Å². The fourth-order valence-corrected chi connectivity index (χ4v) is 3.17. The summed E-state index contributed by atoms with van der Waals surface area (Å²) in [4.78, 5) is 14.3. The van der Waals surface area contributed by atoms with Crippen LogP contribution in [0.3, 0.4) is 0 Å². The van der Waals surface area contributed by atoms with E-state index in [1.54, 1.807) is 12.2 Å². The summed E-state index contributed by atoms with van der Waals surface area (Å²) >= 11 is 0. The summed E-state index contributed by atoms with van der Waals surface area (Å²) in [6, 6.07) is 18.6. The van der Waals surface area contributed by atoms with Gasteiger partial charge in [0.1, 0.15) is 6.61 Å². The van der Waals surface area contributed by atoms with Crippen LogP contribution >= 0.6 is 0 Å². The summed E-state index contributed by atoms with van der Waals surface area (Å²) in [5, 5.41) is 10.5. The first-order chi connectivity index (χ1) is 14.2. The summed E-state index contributed by atoms with van der Waals surface area (Å²) in [5.41, 5.74) is 1.91. The van der Waals surface area contributed by atoms with Gasteiger partial charge in [0.05, 0.1) is 25.4 Å². The van der Waals surface area contributed by atoms with E-state index in [0.717, 1.165) is 11.1 Å². The van der Waals surface area contributed by atoms with Gasteiger partial charge in [0.25, 0.3) is 0 Å². The summed E-state index contributed by atoms with van der Waals surface area (Å²) in [5.74, 6) is 0. The molecule has 1 N–H and O–H groups in total. The lowest BCUT2D eigenvalue weighted by atomic mass is 10.1. The fraction of sp³-hybridized carbons (Fsp3) is 0.348. The van der Waals surface area contributed by atoms with Gasteiger partial charge in [-0.3, -0.25) is 4.90 Å². The van der Waals surface area contributed by atoms with Crippen molar-refractivity contribution < 1.29 is 24.1 Å². The standard InChI is InChI=1S/C23H27NO5/c1-2-28-22-14-13-21(25)20(17-27-15-18-9-5-3-6-10-18)24(22)23(26)29-16-19-11-7-4-8-12-19/h3-14,20-22,25H,2,15-17H2,1H3/t20-,21-,22+/m1/s1. The Balaban J connectivity index is 1.66. The Hall–Kier alpha value is -2.67. The molecule has 2 aromatic rings. The molecule has 1 heterocycles. The van der Waals surface area contributed by atoms with Crippen LogP contribution < -0.4 is 0 Å². The number of carbonyl (C=O) groups excluding carboxylic acids is 1. The van der Waals surface area contributed by atoms with Crippen LogP contribution in [0.25, 0.3) is 0 Å². The maximum absolute atomic E-state index is 12.9. The molecule has 0 radical (unpaired) electrons. The van der Waals surface area contributed by atoms with E-state index in [4.69, 9.17) is 14.2 Å². The van der Waals surface area contributed by atoms with Crippen LogP contribution in [0.15, 0.2) is 72.8 Å². The second-order valence-electron chi connectivity index (χ2n) is 6.74. The number of amides is 1. The van der Waals surface area contributed by atoms with Gasteiger partial charge in [-0.1, -0.05) is 66.7 Å². The second-order valence-corrected chi connectivity index (χ2v) is 6.74. The molecule has 1 amide bonds. The van der Waals surface area contributed by atoms with E-state index in [0.29, 0.717) is 13.2 Å². The number of hydrogen-bond acceptors (Lipinski definition) is 5. The number of rotatable bonds is 8. The Morgan fingerprint density at radius 2 is 1.59 bits per heavy atom. The van der Waals surface area contributed by atoms with Crippen molar-refractivity contribution in [3.63, 3.8) is 0 Å². The van der Waals surface area contributed by atoms with Gasteiger partial charge in [-0.25, -0.2) is 4.79 Å². The zero-order chi connectivity index (χ0) is 20.5. The largest absolute Gasteiger partial charge is 0.444 e. The molecule has 0 fully saturated rings. The lowest BCUT2D eigenvalue weighted by Crippen LogP contribution is -2.56. The molecule has 6 nitrogen and oxygen atoms in total. The number of aliphatic hydroxyl groups excluding tert-OH is 1. The molecular weight excluding hydrogens is 370 g/mol. The highest BCUT2D eigenvalue weighted by atomic mass is 16.6. The van der Waals surface area contributed by atoms with E-state index in [-0.39, 0.29) is 13.2 Å². The lowest BCUT2D eigenvalue weighted by molar-refractivity contribution is -0.0876. The first-order valence-electron chi connectivity index (χ1n) is 9.77.